The second-order valence-electron chi connectivity index (χ2n) is 10.1. The Morgan fingerprint density at radius 3 is 2.56 bits per heavy atom. The average Bonchev–Trinajstić information content (AvgIpc) is 3.10. The molecule has 0 amide bonds. The van der Waals surface area contributed by atoms with Gasteiger partial charge in [-0.1, -0.05) is 26.0 Å². The van der Waals surface area contributed by atoms with Crippen molar-refractivity contribution in [2.75, 3.05) is 0 Å². The highest BCUT2D eigenvalue weighted by Gasteiger charge is 2.66. The minimum Gasteiger partial charge on any atom is -0.492 e. The lowest BCUT2D eigenvalue weighted by Gasteiger charge is -2.59. The van der Waals surface area contributed by atoms with Crippen molar-refractivity contribution in [2.45, 2.75) is 83.7 Å². The number of rotatable bonds is 0. The third-order valence-corrected chi connectivity index (χ3v) is 9.40. The first-order valence-electron chi connectivity index (χ1n) is 10.5. The fourth-order valence-corrected chi connectivity index (χ4v) is 7.95. The lowest BCUT2D eigenvalue weighted by Crippen LogP contribution is -2.54. The van der Waals surface area contributed by atoms with Gasteiger partial charge in [0.2, 0.25) is 0 Å². The van der Waals surface area contributed by atoms with Crippen LogP contribution in [0.3, 0.4) is 0 Å². The van der Waals surface area contributed by atoms with Gasteiger partial charge >= 0.3 is 0 Å². The Labute approximate surface area is 152 Å². The van der Waals surface area contributed by atoms with Crippen LogP contribution in [0.2, 0.25) is 0 Å². The summed E-state index contributed by atoms with van der Waals surface area (Å²) in [7, 11) is 0. The van der Waals surface area contributed by atoms with Gasteiger partial charge in [-0.15, -0.1) is 0 Å². The summed E-state index contributed by atoms with van der Waals surface area (Å²) in [5, 5.41) is 0. The predicted octanol–water partition coefficient (Wildman–Crippen LogP) is 5.58. The molecular formula is C23H32O2. The van der Waals surface area contributed by atoms with E-state index in [4.69, 9.17) is 4.74 Å². The minimum atomic E-state index is 0.0826. The molecule has 2 heteroatoms. The molecule has 25 heavy (non-hydrogen) atoms. The van der Waals surface area contributed by atoms with Crippen LogP contribution in [0, 0.1) is 28.6 Å². The molecule has 0 N–H and O–H groups in total. The molecule has 3 unspecified atom stereocenters. The van der Waals surface area contributed by atoms with E-state index in [1.54, 1.807) is 0 Å². The smallest absolute Gasteiger partial charge is 0.155 e. The lowest BCUT2D eigenvalue weighted by atomic mass is 9.46. The summed E-state index contributed by atoms with van der Waals surface area (Å²) in [5.41, 5.74) is 2.18. The molecule has 5 aliphatic rings. The van der Waals surface area contributed by atoms with Gasteiger partial charge in [0, 0.05) is 18.3 Å². The zero-order chi connectivity index (χ0) is 17.4. The van der Waals surface area contributed by atoms with Crippen molar-refractivity contribution in [3.05, 3.63) is 24.0 Å². The van der Waals surface area contributed by atoms with Crippen molar-refractivity contribution in [2.24, 2.45) is 28.6 Å². The topological polar surface area (TPSA) is 26.3 Å². The van der Waals surface area contributed by atoms with E-state index in [0.717, 1.165) is 49.2 Å². The van der Waals surface area contributed by atoms with Crippen LogP contribution in [-0.2, 0) is 9.53 Å². The Morgan fingerprint density at radius 2 is 1.80 bits per heavy atom. The molecule has 0 radical (unpaired) electrons. The zero-order valence-corrected chi connectivity index (χ0v) is 15.9. The highest BCUT2D eigenvalue weighted by atomic mass is 16.5. The van der Waals surface area contributed by atoms with Crippen LogP contribution in [0.15, 0.2) is 24.0 Å². The third kappa shape index (κ3) is 1.95. The number of fused-ring (bicyclic) bond motifs is 6. The van der Waals surface area contributed by atoms with Gasteiger partial charge in [0.15, 0.2) is 5.78 Å². The molecule has 3 saturated carbocycles. The molecule has 0 aromatic carbocycles. The fourth-order valence-electron chi connectivity index (χ4n) is 7.95. The van der Waals surface area contributed by atoms with Gasteiger partial charge in [-0.3, -0.25) is 4.79 Å². The Balaban J connectivity index is 1.49. The number of carbonyl (C=O) groups excluding carboxylic acids is 1. The van der Waals surface area contributed by atoms with Crippen molar-refractivity contribution >= 4 is 5.78 Å². The van der Waals surface area contributed by atoms with Crippen molar-refractivity contribution < 1.29 is 9.53 Å². The lowest BCUT2D eigenvalue weighted by molar-refractivity contribution is -0.126. The summed E-state index contributed by atoms with van der Waals surface area (Å²) in [6.07, 6.45) is 13.7. The molecule has 1 spiro atoms. The molecule has 1 heterocycles. The maximum Gasteiger partial charge on any atom is 0.155 e. The van der Waals surface area contributed by atoms with Gasteiger partial charge in [-0.05, 0) is 80.6 Å². The van der Waals surface area contributed by atoms with Crippen LogP contribution in [0.1, 0.15) is 78.1 Å². The molecule has 0 bridgehead atoms. The van der Waals surface area contributed by atoms with E-state index in [1.165, 1.54) is 44.1 Å². The van der Waals surface area contributed by atoms with E-state index in [2.05, 4.69) is 20.4 Å². The van der Waals surface area contributed by atoms with E-state index in [9.17, 15) is 4.79 Å². The molecule has 2 nitrogen and oxygen atoms in total. The van der Waals surface area contributed by atoms with Crippen LogP contribution in [-0.4, -0.2) is 11.4 Å². The van der Waals surface area contributed by atoms with E-state index >= 15 is 0 Å². The first-order valence-corrected chi connectivity index (χ1v) is 10.5. The monoisotopic (exact) mass is 340 g/mol. The molecule has 4 aliphatic carbocycles. The zero-order valence-electron chi connectivity index (χ0n) is 15.9. The van der Waals surface area contributed by atoms with Crippen molar-refractivity contribution in [3.63, 3.8) is 0 Å². The highest BCUT2D eigenvalue weighted by Crippen LogP contribution is 2.70. The molecule has 0 aromatic rings. The summed E-state index contributed by atoms with van der Waals surface area (Å²) in [6.45, 7) is 9.15. The largest absolute Gasteiger partial charge is 0.492 e. The molecule has 1 aliphatic heterocycles. The third-order valence-electron chi connectivity index (χ3n) is 9.40. The van der Waals surface area contributed by atoms with E-state index in [-0.39, 0.29) is 11.0 Å². The van der Waals surface area contributed by atoms with E-state index < -0.39 is 0 Å². The van der Waals surface area contributed by atoms with Gasteiger partial charge in [0.1, 0.15) is 5.60 Å². The second kappa shape index (κ2) is 5.02. The van der Waals surface area contributed by atoms with E-state index in [1.807, 2.05) is 6.08 Å². The van der Waals surface area contributed by atoms with Crippen molar-refractivity contribution in [3.8, 4) is 0 Å². The minimum absolute atomic E-state index is 0.0826. The normalized spacial score (nSPS) is 51.6. The Morgan fingerprint density at radius 1 is 1.00 bits per heavy atom. The number of hydrogen-bond donors (Lipinski definition) is 0. The molecule has 4 fully saturated rings. The Bertz CT molecular complexity index is 676. The summed E-state index contributed by atoms with van der Waals surface area (Å²) in [4.78, 5) is 12.0. The molecule has 136 valence electrons. The standard InChI is InChI=1S/C23H32O2/c1-15-6-12-23(25-15)13-9-20-18-5-4-16-14-17(24)7-10-21(16,2)19(18)8-11-22(20,23)3/h14,18-20H,1,4-13H2,2-3H3/t18?,19?,20?,21-,22-,23-/m0/s1. The summed E-state index contributed by atoms with van der Waals surface area (Å²) < 4.78 is 6.46. The molecule has 0 aromatic heterocycles. The maximum absolute atomic E-state index is 12.0. The number of ether oxygens (including phenoxy) is 1. The predicted molar refractivity (Wildman–Crippen MR) is 98.9 cm³/mol. The number of allylic oxidation sites excluding steroid dienone is 2. The fraction of sp³-hybridized carbons (Fsp3) is 0.783. The Hall–Kier alpha value is -1.05. The van der Waals surface area contributed by atoms with Gasteiger partial charge in [0.05, 0.1) is 5.76 Å². The molecule has 1 saturated heterocycles. The summed E-state index contributed by atoms with van der Waals surface area (Å²) in [5.74, 6) is 3.79. The Kier molecular flexibility index (Phi) is 3.24. The SMILES string of the molecule is C=C1CC[C@@]2(CCC3C4CCC5=CC(=O)CC[C@]5(C)C4CC[C@@]32C)O1. The van der Waals surface area contributed by atoms with Gasteiger partial charge in [-0.2, -0.15) is 0 Å². The molecule has 5 rings (SSSR count). The summed E-state index contributed by atoms with van der Waals surface area (Å²) >= 11 is 0. The van der Waals surface area contributed by atoms with Crippen LogP contribution >= 0.6 is 0 Å². The van der Waals surface area contributed by atoms with Crippen LogP contribution in [0.5, 0.6) is 0 Å². The summed E-state index contributed by atoms with van der Waals surface area (Å²) in [6, 6.07) is 0. The van der Waals surface area contributed by atoms with Crippen molar-refractivity contribution in [1.82, 2.24) is 0 Å². The highest BCUT2D eigenvalue weighted by molar-refractivity contribution is 5.91. The van der Waals surface area contributed by atoms with Crippen LogP contribution < -0.4 is 0 Å². The van der Waals surface area contributed by atoms with E-state index in [0.29, 0.717) is 11.2 Å². The van der Waals surface area contributed by atoms with Gasteiger partial charge < -0.3 is 4.74 Å². The first-order chi connectivity index (χ1) is 11.9. The second-order valence-corrected chi connectivity index (χ2v) is 10.1. The number of carbonyl (C=O) groups is 1. The first kappa shape index (κ1) is 16.1. The van der Waals surface area contributed by atoms with Crippen LogP contribution in [0.4, 0.5) is 0 Å². The quantitative estimate of drug-likeness (QED) is 0.575. The van der Waals surface area contributed by atoms with Gasteiger partial charge in [0.25, 0.3) is 0 Å². The van der Waals surface area contributed by atoms with Crippen molar-refractivity contribution in [1.29, 1.82) is 0 Å². The number of hydrogen-bond acceptors (Lipinski definition) is 2. The van der Waals surface area contributed by atoms with Crippen LogP contribution in [0.25, 0.3) is 0 Å². The molecular weight excluding hydrogens is 308 g/mol. The number of ketones is 1. The maximum atomic E-state index is 12.0. The van der Waals surface area contributed by atoms with Gasteiger partial charge in [-0.25, -0.2) is 0 Å². The molecule has 6 atom stereocenters. The average molecular weight is 341 g/mol.